The molecule has 1 saturated carbocycles. The lowest BCUT2D eigenvalue weighted by Gasteiger charge is -2.54. The fourth-order valence-electron chi connectivity index (χ4n) is 3.76. The Morgan fingerprint density at radius 1 is 1.17 bits per heavy atom. The van der Waals surface area contributed by atoms with Crippen LogP contribution in [0.2, 0.25) is 0 Å². The number of hydrogen-bond acceptors (Lipinski definition) is 3. The third-order valence-electron chi connectivity index (χ3n) is 5.43. The molecule has 1 heterocycles. The second kappa shape index (κ2) is 6.37. The molecule has 1 aromatic rings. The molecule has 1 aliphatic carbocycles. The minimum Gasteiger partial charge on any atom is -0.331 e. The molecule has 24 heavy (non-hydrogen) atoms. The van der Waals surface area contributed by atoms with E-state index in [9.17, 15) is 13.2 Å². The summed E-state index contributed by atoms with van der Waals surface area (Å²) in [6.45, 7) is 1.39. The maximum Gasteiger partial charge on any atom is 0.319 e. The Morgan fingerprint density at radius 2 is 1.79 bits per heavy atom. The van der Waals surface area contributed by atoms with E-state index in [0.29, 0.717) is 18.0 Å². The monoisotopic (exact) mass is 351 g/mol. The van der Waals surface area contributed by atoms with Gasteiger partial charge >= 0.3 is 6.03 Å². The van der Waals surface area contributed by atoms with Crippen molar-refractivity contribution in [3.63, 3.8) is 0 Å². The van der Waals surface area contributed by atoms with E-state index in [1.165, 1.54) is 0 Å². The molecule has 6 nitrogen and oxygen atoms in total. The van der Waals surface area contributed by atoms with Crippen LogP contribution >= 0.6 is 0 Å². The number of benzene rings is 1. The number of piperidine rings is 1. The number of amides is 2. The van der Waals surface area contributed by atoms with Crippen LogP contribution in [0.1, 0.15) is 25.7 Å². The standard InChI is InChI=1S/C17H25N3O3S/c1-19(2)16(21)20-12-10-17(11-13-20)9-8-15(17)18-24(22,23)14-6-4-3-5-7-14/h3-7,15,18H,8-13H2,1-2H3/t15-/m1/s1. The topological polar surface area (TPSA) is 69.7 Å². The minimum absolute atomic E-state index is 0.00490. The molecule has 3 rings (SSSR count). The Bertz CT molecular complexity index is 695. The van der Waals surface area contributed by atoms with Crippen LogP contribution in [0.15, 0.2) is 35.2 Å². The maximum absolute atomic E-state index is 12.5. The summed E-state index contributed by atoms with van der Waals surface area (Å²) < 4.78 is 28.0. The van der Waals surface area contributed by atoms with Gasteiger partial charge in [-0.05, 0) is 43.2 Å². The molecule has 1 saturated heterocycles. The van der Waals surface area contributed by atoms with Gasteiger partial charge in [-0.2, -0.15) is 0 Å². The smallest absolute Gasteiger partial charge is 0.319 e. The molecule has 2 aliphatic rings. The van der Waals surface area contributed by atoms with Crippen molar-refractivity contribution in [2.24, 2.45) is 5.41 Å². The zero-order valence-electron chi connectivity index (χ0n) is 14.2. The summed E-state index contributed by atoms with van der Waals surface area (Å²) >= 11 is 0. The number of likely N-dealkylation sites (tertiary alicyclic amines) is 1. The van der Waals surface area contributed by atoms with Crippen molar-refractivity contribution in [2.75, 3.05) is 27.2 Å². The van der Waals surface area contributed by atoms with Gasteiger partial charge in [0.25, 0.3) is 0 Å². The van der Waals surface area contributed by atoms with Crippen LogP contribution in [0.25, 0.3) is 0 Å². The molecule has 0 aromatic heterocycles. The normalized spacial score (nSPS) is 22.9. The number of nitrogens with one attached hydrogen (secondary N) is 1. The van der Waals surface area contributed by atoms with Gasteiger partial charge < -0.3 is 9.80 Å². The lowest BCUT2D eigenvalue weighted by molar-refractivity contribution is 0.0108. The SMILES string of the molecule is CN(C)C(=O)N1CCC2(CC[C@H]2NS(=O)(=O)c2ccccc2)CC1. The quantitative estimate of drug-likeness (QED) is 0.904. The zero-order chi connectivity index (χ0) is 17.4. The molecule has 0 unspecified atom stereocenters. The van der Waals surface area contributed by atoms with E-state index in [1.54, 1.807) is 49.3 Å². The lowest BCUT2D eigenvalue weighted by atomic mass is 9.60. The number of urea groups is 1. The van der Waals surface area contributed by atoms with Crippen molar-refractivity contribution in [2.45, 2.75) is 36.6 Å². The van der Waals surface area contributed by atoms with Crippen LogP contribution in [0.5, 0.6) is 0 Å². The fourth-order valence-corrected chi connectivity index (χ4v) is 5.15. The fraction of sp³-hybridized carbons (Fsp3) is 0.588. The Morgan fingerprint density at radius 3 is 2.29 bits per heavy atom. The average Bonchev–Trinajstić information content (AvgIpc) is 2.59. The summed E-state index contributed by atoms with van der Waals surface area (Å²) in [7, 11) is 0.0358. The van der Waals surface area contributed by atoms with E-state index in [1.807, 2.05) is 4.90 Å². The first-order valence-electron chi connectivity index (χ1n) is 8.38. The summed E-state index contributed by atoms with van der Waals surface area (Å²) in [6, 6.07) is 8.51. The van der Waals surface area contributed by atoms with Gasteiger partial charge in [-0.1, -0.05) is 18.2 Å². The molecule has 2 fully saturated rings. The number of nitrogens with zero attached hydrogens (tertiary/aromatic N) is 2. The molecule has 1 aliphatic heterocycles. The molecule has 2 amide bonds. The third-order valence-corrected chi connectivity index (χ3v) is 6.92. The summed E-state index contributed by atoms with van der Waals surface area (Å²) in [5.74, 6) is 0. The Balaban J connectivity index is 1.65. The number of carbonyl (C=O) groups excluding carboxylic acids is 1. The van der Waals surface area contributed by atoms with Crippen molar-refractivity contribution >= 4 is 16.1 Å². The Kier molecular flexibility index (Phi) is 4.57. The summed E-state index contributed by atoms with van der Waals surface area (Å²) in [5.41, 5.74) is 0.00490. The Hall–Kier alpha value is -1.60. The predicted molar refractivity (Wildman–Crippen MR) is 92.1 cm³/mol. The first-order chi connectivity index (χ1) is 11.3. The minimum atomic E-state index is -3.48. The first kappa shape index (κ1) is 17.2. The van der Waals surface area contributed by atoms with Gasteiger partial charge in [0.2, 0.25) is 10.0 Å². The average molecular weight is 351 g/mol. The van der Waals surface area contributed by atoms with Crippen molar-refractivity contribution in [1.82, 2.24) is 14.5 Å². The highest BCUT2D eigenvalue weighted by Gasteiger charge is 2.50. The number of sulfonamides is 1. The molecule has 0 radical (unpaired) electrons. The molecule has 0 bridgehead atoms. The van der Waals surface area contributed by atoms with Crippen LogP contribution in [-0.2, 0) is 10.0 Å². The molecule has 7 heteroatoms. The molecule has 1 atom stereocenters. The van der Waals surface area contributed by atoms with E-state index >= 15 is 0 Å². The van der Waals surface area contributed by atoms with Crippen molar-refractivity contribution in [3.8, 4) is 0 Å². The van der Waals surface area contributed by atoms with E-state index in [4.69, 9.17) is 0 Å². The summed E-state index contributed by atoms with van der Waals surface area (Å²) in [4.78, 5) is 15.8. The van der Waals surface area contributed by atoms with E-state index in [0.717, 1.165) is 25.7 Å². The van der Waals surface area contributed by atoms with Gasteiger partial charge in [0.1, 0.15) is 0 Å². The highest BCUT2D eigenvalue weighted by Crippen LogP contribution is 2.49. The van der Waals surface area contributed by atoms with Gasteiger partial charge in [-0.15, -0.1) is 0 Å². The first-order valence-corrected chi connectivity index (χ1v) is 9.86. The number of rotatable bonds is 3. The molecule has 132 valence electrons. The van der Waals surface area contributed by atoms with Crippen LogP contribution < -0.4 is 4.72 Å². The zero-order valence-corrected chi connectivity index (χ0v) is 15.1. The van der Waals surface area contributed by atoms with Crippen LogP contribution in [0.3, 0.4) is 0 Å². The van der Waals surface area contributed by atoms with Gasteiger partial charge in [0, 0.05) is 33.2 Å². The van der Waals surface area contributed by atoms with Gasteiger partial charge in [-0.25, -0.2) is 17.9 Å². The maximum atomic E-state index is 12.5. The highest BCUT2D eigenvalue weighted by atomic mass is 32.2. The second-order valence-electron chi connectivity index (χ2n) is 7.05. The lowest BCUT2D eigenvalue weighted by Crippen LogP contribution is -2.60. The summed E-state index contributed by atoms with van der Waals surface area (Å²) in [6.07, 6.45) is 3.61. The molecule has 1 N–H and O–H groups in total. The van der Waals surface area contributed by atoms with Crippen LogP contribution in [0.4, 0.5) is 4.79 Å². The summed E-state index contributed by atoms with van der Waals surface area (Å²) in [5, 5.41) is 0. The largest absolute Gasteiger partial charge is 0.331 e. The van der Waals surface area contributed by atoms with Crippen molar-refractivity contribution in [1.29, 1.82) is 0 Å². The van der Waals surface area contributed by atoms with E-state index in [-0.39, 0.29) is 17.5 Å². The van der Waals surface area contributed by atoms with E-state index < -0.39 is 10.0 Å². The third kappa shape index (κ3) is 3.15. The predicted octanol–water partition coefficient (Wildman–Crippen LogP) is 1.89. The van der Waals surface area contributed by atoms with Gasteiger partial charge in [0.05, 0.1) is 4.90 Å². The number of carbonyl (C=O) groups is 1. The van der Waals surface area contributed by atoms with Gasteiger partial charge in [0.15, 0.2) is 0 Å². The molecule has 1 aromatic carbocycles. The van der Waals surface area contributed by atoms with E-state index in [2.05, 4.69) is 4.72 Å². The molecule has 1 spiro atoms. The van der Waals surface area contributed by atoms with Crippen LogP contribution in [-0.4, -0.2) is 57.5 Å². The van der Waals surface area contributed by atoms with Crippen molar-refractivity contribution < 1.29 is 13.2 Å². The second-order valence-corrected chi connectivity index (χ2v) is 8.77. The Labute approximate surface area is 143 Å². The van der Waals surface area contributed by atoms with Crippen LogP contribution in [0, 0.1) is 5.41 Å². The number of hydrogen-bond donors (Lipinski definition) is 1. The highest BCUT2D eigenvalue weighted by molar-refractivity contribution is 7.89. The van der Waals surface area contributed by atoms with Crippen molar-refractivity contribution in [3.05, 3.63) is 30.3 Å². The molecular weight excluding hydrogens is 326 g/mol. The molecular formula is C17H25N3O3S. The van der Waals surface area contributed by atoms with Gasteiger partial charge in [-0.3, -0.25) is 0 Å².